The summed E-state index contributed by atoms with van der Waals surface area (Å²) in [4.78, 5) is 0. The van der Waals surface area contributed by atoms with E-state index in [9.17, 15) is 0 Å². The molecule has 0 bridgehead atoms. The Bertz CT molecular complexity index is 497. The molecular weight excluding hydrogens is 230 g/mol. The van der Waals surface area contributed by atoms with E-state index in [1.807, 2.05) is 0 Å². The lowest BCUT2D eigenvalue weighted by atomic mass is 9.89. The van der Waals surface area contributed by atoms with E-state index in [1.54, 1.807) is 0 Å². The predicted molar refractivity (Wildman–Crippen MR) is 80.0 cm³/mol. The van der Waals surface area contributed by atoms with Gasteiger partial charge in [-0.15, -0.1) is 0 Å². The molecule has 1 nitrogen and oxygen atoms in total. The fourth-order valence-corrected chi connectivity index (χ4v) is 3.28. The summed E-state index contributed by atoms with van der Waals surface area (Å²) in [5.41, 5.74) is 2.92. The average Bonchev–Trinajstić information content (AvgIpc) is 2.80. The van der Waals surface area contributed by atoms with Crippen molar-refractivity contribution in [2.45, 2.75) is 37.8 Å². The number of hydrogen-bond acceptors (Lipinski definition) is 1. The van der Waals surface area contributed by atoms with Crippen LogP contribution in [0.1, 0.15) is 37.8 Å². The monoisotopic (exact) mass is 251 g/mol. The second-order valence-corrected chi connectivity index (χ2v) is 6.02. The summed E-state index contributed by atoms with van der Waals surface area (Å²) in [6.45, 7) is 4.63. The van der Waals surface area contributed by atoms with Gasteiger partial charge < -0.3 is 0 Å². The second-order valence-electron chi connectivity index (χ2n) is 6.02. The smallest absolute Gasteiger partial charge is 0.0414 e. The second kappa shape index (κ2) is 4.50. The zero-order valence-corrected chi connectivity index (χ0v) is 11.7. The summed E-state index contributed by atoms with van der Waals surface area (Å²) in [6.07, 6.45) is 2.34. The number of nitrogens with one attached hydrogen (secondary N) is 1. The molecule has 2 aromatic rings. The first-order chi connectivity index (χ1) is 9.12. The van der Waals surface area contributed by atoms with Crippen LogP contribution in [-0.2, 0) is 11.1 Å². The molecule has 0 unspecified atom stereocenters. The molecule has 1 aliphatic rings. The summed E-state index contributed by atoms with van der Waals surface area (Å²) in [5, 5.41) is 3.88. The van der Waals surface area contributed by atoms with Crippen LogP contribution < -0.4 is 5.32 Å². The summed E-state index contributed by atoms with van der Waals surface area (Å²) >= 11 is 0. The van der Waals surface area contributed by atoms with Crippen LogP contribution in [-0.4, -0.2) is 0 Å². The first-order valence-electron chi connectivity index (χ1n) is 7.03. The van der Waals surface area contributed by atoms with E-state index in [-0.39, 0.29) is 11.1 Å². The molecule has 1 heterocycles. The molecule has 1 N–H and O–H groups in total. The van der Waals surface area contributed by atoms with Gasteiger partial charge in [-0.1, -0.05) is 60.7 Å². The van der Waals surface area contributed by atoms with Crippen molar-refractivity contribution in [3.05, 3.63) is 71.8 Å². The topological polar surface area (TPSA) is 12.0 Å². The van der Waals surface area contributed by atoms with Gasteiger partial charge in [-0.05, 0) is 37.8 Å². The van der Waals surface area contributed by atoms with Crippen molar-refractivity contribution in [2.75, 3.05) is 0 Å². The van der Waals surface area contributed by atoms with Crippen molar-refractivity contribution in [2.24, 2.45) is 0 Å². The van der Waals surface area contributed by atoms with E-state index in [0.717, 1.165) is 0 Å². The molecule has 0 saturated carbocycles. The Morgan fingerprint density at radius 3 is 1.42 bits per heavy atom. The van der Waals surface area contributed by atoms with Crippen molar-refractivity contribution in [3.8, 4) is 0 Å². The van der Waals surface area contributed by atoms with Gasteiger partial charge in [0.15, 0.2) is 0 Å². The minimum atomic E-state index is 0.0752. The van der Waals surface area contributed by atoms with E-state index in [4.69, 9.17) is 0 Å². The molecule has 0 aliphatic carbocycles. The lowest BCUT2D eigenvalue weighted by Gasteiger charge is -2.32. The molecule has 0 amide bonds. The van der Waals surface area contributed by atoms with Crippen LogP contribution in [0.25, 0.3) is 0 Å². The first kappa shape index (κ1) is 12.4. The minimum Gasteiger partial charge on any atom is -0.298 e. The summed E-state index contributed by atoms with van der Waals surface area (Å²) in [7, 11) is 0. The Morgan fingerprint density at radius 2 is 1.05 bits per heavy atom. The third-order valence-electron chi connectivity index (χ3n) is 4.50. The van der Waals surface area contributed by atoms with Crippen LogP contribution in [0, 0.1) is 0 Å². The maximum atomic E-state index is 3.88. The molecule has 0 aromatic heterocycles. The summed E-state index contributed by atoms with van der Waals surface area (Å²) < 4.78 is 0. The zero-order chi connectivity index (χ0) is 13.3. The predicted octanol–water partition coefficient (Wildman–Crippen LogP) is 4.20. The van der Waals surface area contributed by atoms with Gasteiger partial charge in [-0.25, -0.2) is 0 Å². The van der Waals surface area contributed by atoms with Crippen molar-refractivity contribution >= 4 is 0 Å². The van der Waals surface area contributed by atoms with Gasteiger partial charge in [0.1, 0.15) is 0 Å². The molecule has 1 heteroatoms. The van der Waals surface area contributed by atoms with Crippen LogP contribution in [0.2, 0.25) is 0 Å². The highest BCUT2D eigenvalue weighted by Crippen LogP contribution is 2.42. The molecule has 1 fully saturated rings. The largest absolute Gasteiger partial charge is 0.298 e. The van der Waals surface area contributed by atoms with Gasteiger partial charge >= 0.3 is 0 Å². The Morgan fingerprint density at radius 1 is 0.684 bits per heavy atom. The Labute approximate surface area is 115 Å². The fourth-order valence-electron chi connectivity index (χ4n) is 3.28. The highest BCUT2D eigenvalue weighted by Gasteiger charge is 2.43. The number of rotatable bonds is 2. The van der Waals surface area contributed by atoms with Gasteiger partial charge in [0, 0.05) is 11.1 Å². The summed E-state index contributed by atoms with van der Waals surface area (Å²) in [6, 6.07) is 21.6. The van der Waals surface area contributed by atoms with Crippen molar-refractivity contribution in [1.29, 1.82) is 0 Å². The standard InChI is InChI=1S/C18H21N/c1-17(15-9-5-3-6-10-15)13-14-18(2,19-17)16-11-7-4-8-12-16/h3-12,19H,13-14H2,1-2H3/t17-,18-/m1/s1. The van der Waals surface area contributed by atoms with E-state index < -0.39 is 0 Å². The molecule has 3 rings (SSSR count). The lowest BCUT2D eigenvalue weighted by molar-refractivity contribution is 0.339. The Kier molecular flexibility index (Phi) is 2.94. The molecular formula is C18H21N. The highest BCUT2D eigenvalue weighted by atomic mass is 15.1. The van der Waals surface area contributed by atoms with E-state index in [0.29, 0.717) is 0 Å². The maximum Gasteiger partial charge on any atom is 0.0414 e. The third-order valence-corrected chi connectivity index (χ3v) is 4.50. The normalized spacial score (nSPS) is 30.4. The van der Waals surface area contributed by atoms with E-state index in [2.05, 4.69) is 79.8 Å². The van der Waals surface area contributed by atoms with Gasteiger partial charge in [0.2, 0.25) is 0 Å². The number of hydrogen-bond donors (Lipinski definition) is 1. The van der Waals surface area contributed by atoms with Crippen LogP contribution in [0.5, 0.6) is 0 Å². The highest BCUT2D eigenvalue weighted by molar-refractivity contribution is 5.31. The van der Waals surface area contributed by atoms with Gasteiger partial charge in [-0.3, -0.25) is 5.32 Å². The summed E-state index contributed by atoms with van der Waals surface area (Å²) in [5.74, 6) is 0. The quantitative estimate of drug-likeness (QED) is 0.843. The first-order valence-corrected chi connectivity index (χ1v) is 7.03. The molecule has 1 aliphatic heterocycles. The van der Waals surface area contributed by atoms with Crippen molar-refractivity contribution in [1.82, 2.24) is 5.32 Å². The average molecular weight is 251 g/mol. The van der Waals surface area contributed by atoms with Gasteiger partial charge in [-0.2, -0.15) is 0 Å². The van der Waals surface area contributed by atoms with E-state index >= 15 is 0 Å². The molecule has 0 spiro atoms. The lowest BCUT2D eigenvalue weighted by Crippen LogP contribution is -2.43. The molecule has 19 heavy (non-hydrogen) atoms. The third kappa shape index (κ3) is 2.19. The van der Waals surface area contributed by atoms with Crippen LogP contribution in [0.15, 0.2) is 60.7 Å². The SMILES string of the molecule is C[C@]1(c2ccccc2)CC[C@](C)(c2ccccc2)N1. The molecule has 0 radical (unpaired) electrons. The van der Waals surface area contributed by atoms with Crippen LogP contribution in [0.4, 0.5) is 0 Å². The molecule has 2 atom stereocenters. The Hall–Kier alpha value is -1.60. The maximum absolute atomic E-state index is 3.88. The fraction of sp³-hybridized carbons (Fsp3) is 0.333. The van der Waals surface area contributed by atoms with Gasteiger partial charge in [0.05, 0.1) is 0 Å². The van der Waals surface area contributed by atoms with Gasteiger partial charge in [0.25, 0.3) is 0 Å². The van der Waals surface area contributed by atoms with Crippen LogP contribution >= 0.6 is 0 Å². The van der Waals surface area contributed by atoms with Crippen LogP contribution in [0.3, 0.4) is 0 Å². The van der Waals surface area contributed by atoms with E-state index in [1.165, 1.54) is 24.0 Å². The number of benzene rings is 2. The molecule has 1 saturated heterocycles. The Balaban J connectivity index is 1.92. The van der Waals surface area contributed by atoms with Crippen molar-refractivity contribution < 1.29 is 0 Å². The van der Waals surface area contributed by atoms with Crippen molar-refractivity contribution in [3.63, 3.8) is 0 Å². The molecule has 98 valence electrons. The minimum absolute atomic E-state index is 0.0752. The zero-order valence-electron chi connectivity index (χ0n) is 11.7. The molecule has 2 aromatic carbocycles.